The van der Waals surface area contributed by atoms with E-state index in [0.29, 0.717) is 35.9 Å². The molecule has 2 saturated carbocycles. The second-order valence-corrected chi connectivity index (χ2v) is 18.9. The van der Waals surface area contributed by atoms with Gasteiger partial charge >= 0.3 is 5.97 Å². The molecule has 0 saturated heterocycles. The van der Waals surface area contributed by atoms with E-state index in [2.05, 4.69) is 59.0 Å². The summed E-state index contributed by atoms with van der Waals surface area (Å²) in [6.07, 6.45) is 9.47. The highest BCUT2D eigenvalue weighted by Gasteiger charge is 2.57. The molecule has 0 aliphatic heterocycles. The quantitative estimate of drug-likeness (QED) is 0.324. The van der Waals surface area contributed by atoms with E-state index in [-0.39, 0.29) is 11.1 Å². The molecule has 2 fully saturated rings. The molecule has 38 heavy (non-hydrogen) atoms. The van der Waals surface area contributed by atoms with Crippen LogP contribution in [0.4, 0.5) is 0 Å². The lowest BCUT2D eigenvalue weighted by Gasteiger charge is -2.52. The normalized spacial score (nSPS) is 35.0. The van der Waals surface area contributed by atoms with Crippen LogP contribution in [0.25, 0.3) is 0 Å². The van der Waals surface area contributed by atoms with Gasteiger partial charge in [0.1, 0.15) is 11.9 Å². The molecule has 1 aromatic carbocycles. The van der Waals surface area contributed by atoms with Crippen LogP contribution in [0.5, 0.6) is 5.75 Å². The van der Waals surface area contributed by atoms with Crippen molar-refractivity contribution in [3.63, 3.8) is 0 Å². The fraction of sp³-hybridized carbons (Fsp3) is 0.719. The van der Waals surface area contributed by atoms with Gasteiger partial charge in [-0.05, 0) is 122 Å². The van der Waals surface area contributed by atoms with Crippen LogP contribution < -0.4 is 4.74 Å². The first-order valence-electron chi connectivity index (χ1n) is 14.8. The van der Waals surface area contributed by atoms with Crippen LogP contribution in [0.2, 0.25) is 18.1 Å². The Bertz CT molecular complexity index is 1090. The molecule has 0 spiro atoms. The van der Waals surface area contributed by atoms with Crippen LogP contribution in [0.3, 0.4) is 0 Å². The summed E-state index contributed by atoms with van der Waals surface area (Å²) in [6.45, 7) is 14.4. The molecule has 6 heteroatoms. The Morgan fingerprint density at radius 2 is 1.84 bits per heavy atom. The number of ether oxygens (including phenoxy) is 2. The average Bonchev–Trinajstić information content (AvgIpc) is 3.19. The van der Waals surface area contributed by atoms with Gasteiger partial charge < -0.3 is 19.0 Å². The predicted octanol–water partition coefficient (Wildman–Crippen LogP) is 6.93. The van der Waals surface area contributed by atoms with E-state index in [4.69, 9.17) is 13.9 Å². The molecule has 7 atom stereocenters. The van der Waals surface area contributed by atoms with Crippen molar-refractivity contribution in [3.8, 4) is 5.75 Å². The molecule has 210 valence electrons. The fourth-order valence-corrected chi connectivity index (χ4v) is 9.24. The Morgan fingerprint density at radius 1 is 1.08 bits per heavy atom. The highest BCUT2D eigenvalue weighted by molar-refractivity contribution is 6.74. The minimum atomic E-state index is -1.80. The molecule has 0 radical (unpaired) electrons. The van der Waals surface area contributed by atoms with E-state index in [1.807, 2.05) is 0 Å². The summed E-state index contributed by atoms with van der Waals surface area (Å²) >= 11 is 0. The van der Waals surface area contributed by atoms with Gasteiger partial charge in [-0.15, -0.1) is 0 Å². The highest BCUT2D eigenvalue weighted by Crippen LogP contribution is 2.62. The molecule has 0 aromatic heterocycles. The van der Waals surface area contributed by atoms with E-state index in [1.54, 1.807) is 6.08 Å². The molecule has 0 amide bonds. The summed E-state index contributed by atoms with van der Waals surface area (Å²) in [5.41, 5.74) is 3.62. The lowest BCUT2D eigenvalue weighted by Crippen LogP contribution is -2.50. The Hall–Kier alpha value is -1.63. The highest BCUT2D eigenvalue weighted by atomic mass is 28.4. The first-order valence-corrected chi connectivity index (χ1v) is 17.7. The van der Waals surface area contributed by atoms with Gasteiger partial charge in [0.2, 0.25) is 0 Å². The minimum Gasteiger partial charge on any atom is -0.485 e. The number of carbonyl (C=O) groups is 1. The van der Waals surface area contributed by atoms with Crippen LogP contribution in [-0.2, 0) is 20.4 Å². The molecule has 0 heterocycles. The summed E-state index contributed by atoms with van der Waals surface area (Å²) in [4.78, 5) is 12.3. The lowest BCUT2D eigenvalue weighted by atomic mass is 9.55. The molecular formula is C32H48O5Si. The lowest BCUT2D eigenvalue weighted by molar-refractivity contribution is -0.137. The van der Waals surface area contributed by atoms with Gasteiger partial charge in [0.15, 0.2) is 8.32 Å². The first-order chi connectivity index (χ1) is 17.8. The van der Waals surface area contributed by atoms with Crippen molar-refractivity contribution in [2.24, 2.45) is 17.3 Å². The first kappa shape index (κ1) is 27.9. The standard InChI is InChI=1S/C32H48O5Si/c1-31(2,3)38(6,7)37-29-15-13-27-25-11-8-20-18-22(10-12-23(20)24(25)16-17-32(27,29)4)36-28-14-9-21(33)19-26(28)30(34)35-5/h10,12,18-19,21,24-25,27-29,33H,8-9,11,13-17H2,1-7H3/t21-,24+,25+,27-,28+,29-,32-/m0/s1. The largest absolute Gasteiger partial charge is 0.485 e. The van der Waals surface area contributed by atoms with Crippen LogP contribution in [0, 0.1) is 17.3 Å². The van der Waals surface area contributed by atoms with Crippen molar-refractivity contribution in [2.75, 3.05) is 7.11 Å². The van der Waals surface area contributed by atoms with Gasteiger partial charge in [-0.1, -0.05) is 33.8 Å². The molecule has 1 N–H and O–H groups in total. The third-order valence-electron chi connectivity index (χ3n) is 11.0. The summed E-state index contributed by atoms with van der Waals surface area (Å²) in [5, 5.41) is 10.3. The van der Waals surface area contributed by atoms with E-state index in [1.165, 1.54) is 50.3 Å². The van der Waals surface area contributed by atoms with Crippen molar-refractivity contribution in [3.05, 3.63) is 41.0 Å². The third-order valence-corrected chi connectivity index (χ3v) is 15.5. The van der Waals surface area contributed by atoms with Crippen LogP contribution >= 0.6 is 0 Å². The molecular weight excluding hydrogens is 492 g/mol. The maximum Gasteiger partial charge on any atom is 0.337 e. The number of fused-ring (bicyclic) bond motifs is 5. The van der Waals surface area contributed by atoms with Crippen molar-refractivity contribution in [1.82, 2.24) is 0 Å². The van der Waals surface area contributed by atoms with E-state index in [9.17, 15) is 9.90 Å². The zero-order chi connectivity index (χ0) is 27.5. The topological polar surface area (TPSA) is 65.0 Å². The third kappa shape index (κ3) is 4.90. The zero-order valence-electron chi connectivity index (χ0n) is 24.5. The van der Waals surface area contributed by atoms with E-state index >= 15 is 0 Å². The number of aliphatic hydroxyl groups is 1. The average molecular weight is 541 g/mol. The summed E-state index contributed by atoms with van der Waals surface area (Å²) in [6, 6.07) is 6.59. The SMILES string of the molecule is COC(=O)C1=C[C@@H](O)CC[C@H]1Oc1ccc2c(c1)CC[C@@H]1[C@@H]2CC[C@]2(C)[C@@H](O[Si](C)(C)C(C)(C)C)CC[C@@H]12. The fourth-order valence-electron chi connectivity index (χ4n) is 7.79. The number of benzene rings is 1. The Morgan fingerprint density at radius 3 is 2.55 bits per heavy atom. The molecule has 4 aliphatic rings. The van der Waals surface area contributed by atoms with Crippen LogP contribution in [0.1, 0.15) is 89.7 Å². The van der Waals surface area contributed by atoms with Gasteiger partial charge in [-0.2, -0.15) is 0 Å². The molecule has 5 rings (SSSR count). The molecule has 1 aromatic rings. The summed E-state index contributed by atoms with van der Waals surface area (Å²) < 4.78 is 18.3. The summed E-state index contributed by atoms with van der Waals surface area (Å²) in [5.74, 6) is 2.47. The smallest absolute Gasteiger partial charge is 0.337 e. The summed E-state index contributed by atoms with van der Waals surface area (Å²) in [7, 11) is -0.426. The molecule has 5 nitrogen and oxygen atoms in total. The molecule has 0 bridgehead atoms. The zero-order valence-corrected chi connectivity index (χ0v) is 25.5. The number of rotatable bonds is 5. The van der Waals surface area contributed by atoms with Crippen molar-refractivity contribution < 1.29 is 23.8 Å². The number of hydrogen-bond acceptors (Lipinski definition) is 5. The van der Waals surface area contributed by atoms with Crippen molar-refractivity contribution >= 4 is 14.3 Å². The van der Waals surface area contributed by atoms with E-state index in [0.717, 1.165) is 24.0 Å². The van der Waals surface area contributed by atoms with Crippen LogP contribution in [0.15, 0.2) is 29.8 Å². The van der Waals surface area contributed by atoms with Gasteiger partial charge in [0, 0.05) is 0 Å². The van der Waals surface area contributed by atoms with Gasteiger partial charge in [0.25, 0.3) is 0 Å². The molecule has 0 unspecified atom stereocenters. The maximum atomic E-state index is 12.3. The Labute approximate surface area is 230 Å². The predicted molar refractivity (Wildman–Crippen MR) is 153 cm³/mol. The Balaban J connectivity index is 1.31. The maximum absolute atomic E-state index is 12.3. The van der Waals surface area contributed by atoms with Crippen molar-refractivity contribution in [1.29, 1.82) is 0 Å². The second kappa shape index (κ2) is 10.1. The van der Waals surface area contributed by atoms with Crippen molar-refractivity contribution in [2.45, 2.75) is 121 Å². The van der Waals surface area contributed by atoms with Gasteiger partial charge in [-0.25, -0.2) is 4.79 Å². The number of methoxy groups -OCH3 is 1. The number of esters is 1. The van der Waals surface area contributed by atoms with Crippen LogP contribution in [-0.4, -0.2) is 44.8 Å². The molecule has 4 aliphatic carbocycles. The number of carbonyl (C=O) groups excluding carboxylic acids is 1. The van der Waals surface area contributed by atoms with Gasteiger partial charge in [-0.3, -0.25) is 0 Å². The number of aryl methyl sites for hydroxylation is 1. The second-order valence-electron chi connectivity index (χ2n) is 14.1. The number of aliphatic hydroxyl groups excluding tert-OH is 1. The Kier molecular flexibility index (Phi) is 7.41. The minimum absolute atomic E-state index is 0.243. The van der Waals surface area contributed by atoms with Gasteiger partial charge in [0.05, 0.1) is 24.9 Å². The monoisotopic (exact) mass is 540 g/mol. The number of hydrogen-bond donors (Lipinski definition) is 1. The van der Waals surface area contributed by atoms with E-state index < -0.39 is 20.4 Å².